The van der Waals surface area contributed by atoms with Gasteiger partial charge in [-0.2, -0.15) is 0 Å². The smallest absolute Gasteiger partial charge is 0.242 e. The van der Waals surface area contributed by atoms with Gasteiger partial charge in [-0.15, -0.1) is 0 Å². The molecule has 0 saturated heterocycles. The van der Waals surface area contributed by atoms with Gasteiger partial charge in [-0.25, -0.2) is 18.1 Å². The Morgan fingerprint density at radius 2 is 2.25 bits per heavy atom. The maximum absolute atomic E-state index is 12.0. The van der Waals surface area contributed by atoms with Gasteiger partial charge in [0.15, 0.2) is 0 Å². The predicted molar refractivity (Wildman–Crippen MR) is 71.5 cm³/mol. The van der Waals surface area contributed by atoms with Crippen molar-refractivity contribution >= 4 is 10.0 Å². The second-order valence-corrected chi connectivity index (χ2v) is 5.82. The highest BCUT2D eigenvalue weighted by Gasteiger charge is 2.15. The molecule has 0 fully saturated rings. The Morgan fingerprint density at radius 3 is 2.80 bits per heavy atom. The van der Waals surface area contributed by atoms with Crippen LogP contribution in [0.3, 0.4) is 0 Å². The minimum Gasteiger partial charge on any atom is -0.481 e. The molecule has 0 aromatic carbocycles. The van der Waals surface area contributed by atoms with Crippen molar-refractivity contribution in [1.82, 2.24) is 14.7 Å². The number of nitrogens with zero attached hydrogens (tertiary/aromatic N) is 1. The molecule has 0 spiro atoms. The number of methoxy groups -OCH3 is 1. The summed E-state index contributed by atoms with van der Waals surface area (Å²) in [5, 5.41) is 8.91. The molecule has 3 N–H and O–H groups in total. The molecule has 0 unspecified atom stereocenters. The van der Waals surface area contributed by atoms with Crippen LogP contribution in [-0.4, -0.2) is 30.6 Å². The summed E-state index contributed by atoms with van der Waals surface area (Å²) in [5.74, 6) is 0.467. The van der Waals surface area contributed by atoms with Crippen molar-refractivity contribution in [2.75, 3.05) is 7.11 Å². The Bertz CT molecular complexity index is 664. The minimum absolute atomic E-state index is 0.0861. The summed E-state index contributed by atoms with van der Waals surface area (Å²) in [6.07, 6.45) is 2.87. The second-order valence-electron chi connectivity index (χ2n) is 4.05. The predicted octanol–water partition coefficient (Wildman–Crippen LogP) is 0.389. The average Bonchev–Trinajstić information content (AvgIpc) is 2.95. The van der Waals surface area contributed by atoms with Crippen LogP contribution in [0, 0.1) is 0 Å². The second kappa shape index (κ2) is 6.04. The van der Waals surface area contributed by atoms with E-state index in [-0.39, 0.29) is 18.0 Å². The van der Waals surface area contributed by atoms with Gasteiger partial charge in [0.2, 0.25) is 15.9 Å². The van der Waals surface area contributed by atoms with Crippen LogP contribution in [0.4, 0.5) is 0 Å². The zero-order chi connectivity index (χ0) is 14.6. The van der Waals surface area contributed by atoms with Gasteiger partial charge in [0, 0.05) is 30.7 Å². The minimum atomic E-state index is -3.61. The topological polar surface area (TPSA) is 104 Å². The number of ether oxygens (including phenoxy) is 1. The highest BCUT2D eigenvalue weighted by Crippen LogP contribution is 2.12. The van der Waals surface area contributed by atoms with Crippen LogP contribution >= 0.6 is 0 Å². The van der Waals surface area contributed by atoms with Crippen LogP contribution in [0.15, 0.2) is 35.5 Å². The van der Waals surface area contributed by atoms with E-state index in [0.29, 0.717) is 17.1 Å². The third kappa shape index (κ3) is 3.35. The number of aliphatic hydroxyl groups excluding tert-OH is 1. The van der Waals surface area contributed by atoms with Crippen LogP contribution in [0.1, 0.15) is 11.3 Å². The van der Waals surface area contributed by atoms with Crippen LogP contribution in [-0.2, 0) is 23.2 Å². The third-order valence-electron chi connectivity index (χ3n) is 2.67. The molecule has 108 valence electrons. The first-order valence-corrected chi connectivity index (χ1v) is 7.30. The Balaban J connectivity index is 2.04. The number of rotatable bonds is 6. The number of aromatic nitrogens is 2. The maximum Gasteiger partial charge on any atom is 0.242 e. The highest BCUT2D eigenvalue weighted by atomic mass is 32.2. The van der Waals surface area contributed by atoms with Crippen molar-refractivity contribution in [3.63, 3.8) is 0 Å². The number of hydrogen-bond acceptors (Lipinski definition) is 5. The molecule has 0 radical (unpaired) electrons. The summed E-state index contributed by atoms with van der Waals surface area (Å²) in [6, 6.07) is 4.77. The Hall–Kier alpha value is -1.90. The summed E-state index contributed by atoms with van der Waals surface area (Å²) in [7, 11) is -2.11. The fourth-order valence-corrected chi connectivity index (χ4v) is 2.60. The fourth-order valence-electron chi connectivity index (χ4n) is 1.56. The van der Waals surface area contributed by atoms with Crippen molar-refractivity contribution in [2.24, 2.45) is 0 Å². The van der Waals surface area contributed by atoms with Gasteiger partial charge >= 0.3 is 0 Å². The summed E-state index contributed by atoms with van der Waals surface area (Å²) < 4.78 is 31.4. The fraction of sp³-hybridized carbons (Fsp3) is 0.250. The molecule has 0 saturated carbocycles. The molecule has 2 aromatic heterocycles. The van der Waals surface area contributed by atoms with E-state index < -0.39 is 10.0 Å². The van der Waals surface area contributed by atoms with Crippen LogP contribution < -0.4 is 9.46 Å². The molecule has 2 aromatic rings. The maximum atomic E-state index is 12.0. The van der Waals surface area contributed by atoms with Gasteiger partial charge in [0.25, 0.3) is 0 Å². The van der Waals surface area contributed by atoms with E-state index >= 15 is 0 Å². The number of H-pyrrole nitrogens is 1. The number of pyridine rings is 1. The highest BCUT2D eigenvalue weighted by molar-refractivity contribution is 7.89. The monoisotopic (exact) mass is 297 g/mol. The molecule has 8 heteroatoms. The van der Waals surface area contributed by atoms with Crippen LogP contribution in [0.25, 0.3) is 0 Å². The van der Waals surface area contributed by atoms with Crippen molar-refractivity contribution in [1.29, 1.82) is 0 Å². The number of aliphatic hydroxyl groups is 1. The van der Waals surface area contributed by atoms with E-state index in [2.05, 4.69) is 14.7 Å². The molecule has 0 aliphatic rings. The van der Waals surface area contributed by atoms with Crippen LogP contribution in [0.5, 0.6) is 5.88 Å². The van der Waals surface area contributed by atoms with Gasteiger partial charge in [0.05, 0.1) is 18.6 Å². The lowest BCUT2D eigenvalue weighted by Crippen LogP contribution is -2.22. The van der Waals surface area contributed by atoms with E-state index in [0.717, 1.165) is 0 Å². The number of nitrogens with one attached hydrogen (secondary N) is 2. The van der Waals surface area contributed by atoms with E-state index in [1.54, 1.807) is 12.1 Å². The van der Waals surface area contributed by atoms with Crippen molar-refractivity contribution < 1.29 is 18.3 Å². The Kier molecular flexibility index (Phi) is 4.38. The first-order chi connectivity index (χ1) is 9.55. The summed E-state index contributed by atoms with van der Waals surface area (Å²) in [6.45, 7) is -0.114. The third-order valence-corrected chi connectivity index (χ3v) is 4.05. The Morgan fingerprint density at radius 1 is 1.45 bits per heavy atom. The average molecular weight is 297 g/mol. The van der Waals surface area contributed by atoms with E-state index in [1.165, 1.54) is 25.6 Å². The zero-order valence-electron chi connectivity index (χ0n) is 10.8. The molecule has 2 heterocycles. The lowest BCUT2D eigenvalue weighted by atomic mass is 10.3. The summed E-state index contributed by atoms with van der Waals surface area (Å²) in [4.78, 5) is 6.75. The molecule has 2 rings (SSSR count). The van der Waals surface area contributed by atoms with Gasteiger partial charge < -0.3 is 14.8 Å². The molecular weight excluding hydrogens is 282 g/mol. The number of aromatic amines is 1. The molecule has 20 heavy (non-hydrogen) atoms. The molecule has 0 aliphatic carbocycles. The molecule has 0 bridgehead atoms. The van der Waals surface area contributed by atoms with E-state index in [9.17, 15) is 8.42 Å². The lowest BCUT2D eigenvalue weighted by Gasteiger charge is -2.05. The first kappa shape index (κ1) is 14.5. The van der Waals surface area contributed by atoms with Crippen LogP contribution in [0.2, 0.25) is 0 Å². The van der Waals surface area contributed by atoms with E-state index in [1.807, 2.05) is 0 Å². The van der Waals surface area contributed by atoms with Crippen molar-refractivity contribution in [3.8, 4) is 5.88 Å². The van der Waals surface area contributed by atoms with Gasteiger partial charge in [-0.1, -0.05) is 6.07 Å². The molecule has 0 amide bonds. The molecular formula is C12H15N3O4S. The van der Waals surface area contributed by atoms with Gasteiger partial charge in [-0.3, -0.25) is 0 Å². The molecule has 0 aliphatic heterocycles. The van der Waals surface area contributed by atoms with Crippen molar-refractivity contribution in [3.05, 3.63) is 41.9 Å². The quantitative estimate of drug-likeness (QED) is 0.715. The number of hydrogen-bond donors (Lipinski definition) is 3. The Labute approximate surface area is 116 Å². The zero-order valence-corrected chi connectivity index (χ0v) is 11.6. The largest absolute Gasteiger partial charge is 0.481 e. The summed E-state index contributed by atoms with van der Waals surface area (Å²) in [5.41, 5.74) is 1.16. The van der Waals surface area contributed by atoms with Gasteiger partial charge in [-0.05, 0) is 11.6 Å². The van der Waals surface area contributed by atoms with Gasteiger partial charge in [0.1, 0.15) is 0 Å². The molecule has 0 atom stereocenters. The van der Waals surface area contributed by atoms with Crippen molar-refractivity contribution in [2.45, 2.75) is 18.0 Å². The van der Waals surface area contributed by atoms with E-state index in [4.69, 9.17) is 9.84 Å². The standard InChI is InChI=1S/C12H15N3O4S/c1-19-12-3-2-9(5-14-12)6-15-20(17,18)11-4-10(8-16)13-7-11/h2-5,7,13,15-16H,6,8H2,1H3. The lowest BCUT2D eigenvalue weighted by molar-refractivity contribution is 0.277. The number of sulfonamides is 1. The summed E-state index contributed by atoms with van der Waals surface area (Å²) >= 11 is 0. The first-order valence-electron chi connectivity index (χ1n) is 5.82. The SMILES string of the molecule is COc1ccc(CNS(=O)(=O)c2c[nH]c(CO)c2)cn1. The molecule has 7 nitrogen and oxygen atoms in total. The normalized spacial score (nSPS) is 11.5.